The van der Waals surface area contributed by atoms with Crippen molar-refractivity contribution in [2.45, 2.75) is 19.5 Å². The Hall–Kier alpha value is -4.09. The number of ketones is 1. The molecule has 0 bridgehead atoms. The van der Waals surface area contributed by atoms with E-state index in [1.807, 2.05) is 36.7 Å². The zero-order valence-electron chi connectivity index (χ0n) is 19.0. The second kappa shape index (κ2) is 9.28. The van der Waals surface area contributed by atoms with Crippen LogP contribution in [0.3, 0.4) is 0 Å². The molecule has 0 amide bonds. The third-order valence-electron chi connectivity index (χ3n) is 6.12. The maximum atomic E-state index is 13.0. The average Bonchev–Trinajstić information content (AvgIpc) is 3.68. The van der Waals surface area contributed by atoms with E-state index in [9.17, 15) is 4.79 Å². The Kier molecular flexibility index (Phi) is 5.68. The second-order valence-corrected chi connectivity index (χ2v) is 8.64. The third-order valence-corrected chi connectivity index (χ3v) is 6.12. The van der Waals surface area contributed by atoms with E-state index >= 15 is 0 Å². The summed E-state index contributed by atoms with van der Waals surface area (Å²) in [5.74, 6) is 0.756. The number of aromatic amines is 2. The zero-order valence-corrected chi connectivity index (χ0v) is 19.0. The molecule has 5 aromatic rings. The average molecular weight is 473 g/mol. The number of benzene rings is 1. The summed E-state index contributed by atoms with van der Waals surface area (Å²) in [4.78, 5) is 15.3. The SMILES string of the molecule is O=C(Cc1cnn(Cc2cc(CN3CCOCC3)on2)c1)c1n[nH]c2cc(-c3cn[nH]c3)ccc12. The zero-order chi connectivity index (χ0) is 23.6. The number of ether oxygens (including phenoxy) is 1. The highest BCUT2D eigenvalue weighted by atomic mass is 16.5. The highest BCUT2D eigenvalue weighted by molar-refractivity contribution is 6.07. The largest absolute Gasteiger partial charge is 0.379 e. The first-order chi connectivity index (χ1) is 17.2. The number of nitrogens with one attached hydrogen (secondary N) is 2. The molecule has 0 aliphatic carbocycles. The molecule has 0 radical (unpaired) electrons. The molecule has 11 heteroatoms. The Balaban J connectivity index is 1.10. The van der Waals surface area contributed by atoms with Gasteiger partial charge in [-0.1, -0.05) is 11.2 Å². The molecule has 178 valence electrons. The van der Waals surface area contributed by atoms with Crippen molar-refractivity contribution >= 4 is 16.7 Å². The van der Waals surface area contributed by atoms with Gasteiger partial charge in [-0.2, -0.15) is 15.3 Å². The van der Waals surface area contributed by atoms with Crippen LogP contribution < -0.4 is 0 Å². The van der Waals surface area contributed by atoms with Crippen LogP contribution >= 0.6 is 0 Å². The number of hydrogen-bond acceptors (Lipinski definition) is 8. The van der Waals surface area contributed by atoms with Crippen LogP contribution in [0.2, 0.25) is 0 Å². The van der Waals surface area contributed by atoms with E-state index < -0.39 is 0 Å². The van der Waals surface area contributed by atoms with Gasteiger partial charge in [-0.25, -0.2) is 0 Å². The van der Waals surface area contributed by atoms with E-state index in [-0.39, 0.29) is 12.2 Å². The molecule has 0 unspecified atom stereocenters. The molecule has 35 heavy (non-hydrogen) atoms. The predicted octanol–water partition coefficient (Wildman–Crippen LogP) is 2.44. The number of hydrogen-bond donors (Lipinski definition) is 2. The lowest BCUT2D eigenvalue weighted by molar-refractivity contribution is 0.0305. The molecular weight excluding hydrogens is 448 g/mol. The minimum atomic E-state index is -0.0684. The van der Waals surface area contributed by atoms with Gasteiger partial charge in [0, 0.05) is 48.9 Å². The van der Waals surface area contributed by atoms with Crippen LogP contribution in [0.15, 0.2) is 53.6 Å². The minimum absolute atomic E-state index is 0.0684. The summed E-state index contributed by atoms with van der Waals surface area (Å²) in [6.45, 7) is 4.47. The summed E-state index contributed by atoms with van der Waals surface area (Å²) in [7, 11) is 0. The second-order valence-electron chi connectivity index (χ2n) is 8.64. The number of carbonyl (C=O) groups excluding carboxylic acids is 1. The Labute approximate surface area is 200 Å². The smallest absolute Gasteiger partial charge is 0.188 e. The first-order valence-corrected chi connectivity index (χ1v) is 11.5. The monoisotopic (exact) mass is 472 g/mol. The molecule has 1 fully saturated rings. The molecule has 5 heterocycles. The van der Waals surface area contributed by atoms with E-state index in [2.05, 4.69) is 35.5 Å². The number of Topliss-reactive ketones (excluding diaryl/α,β-unsaturated/α-hetero) is 1. The van der Waals surface area contributed by atoms with E-state index in [4.69, 9.17) is 9.26 Å². The Morgan fingerprint density at radius 1 is 1.09 bits per heavy atom. The van der Waals surface area contributed by atoms with E-state index in [1.54, 1.807) is 17.1 Å². The van der Waals surface area contributed by atoms with Gasteiger partial charge in [0.15, 0.2) is 11.5 Å². The van der Waals surface area contributed by atoms with Crippen LogP contribution in [-0.2, 0) is 24.2 Å². The van der Waals surface area contributed by atoms with Crippen molar-refractivity contribution in [2.24, 2.45) is 0 Å². The van der Waals surface area contributed by atoms with E-state index in [1.165, 1.54) is 0 Å². The Bertz CT molecular complexity index is 1440. The van der Waals surface area contributed by atoms with Crippen molar-refractivity contribution < 1.29 is 14.1 Å². The molecular formula is C24H24N8O3. The van der Waals surface area contributed by atoms with Gasteiger partial charge >= 0.3 is 0 Å². The van der Waals surface area contributed by atoms with Gasteiger partial charge in [0.2, 0.25) is 0 Å². The maximum absolute atomic E-state index is 13.0. The predicted molar refractivity (Wildman–Crippen MR) is 126 cm³/mol. The van der Waals surface area contributed by atoms with Gasteiger partial charge in [-0.15, -0.1) is 0 Å². The van der Waals surface area contributed by atoms with Crippen LogP contribution in [0.4, 0.5) is 0 Å². The van der Waals surface area contributed by atoms with Crippen LogP contribution in [0.1, 0.15) is 27.5 Å². The topological polar surface area (TPSA) is 131 Å². The molecule has 0 saturated carbocycles. The Morgan fingerprint density at radius 2 is 2.00 bits per heavy atom. The molecule has 1 aromatic carbocycles. The van der Waals surface area contributed by atoms with Crippen molar-refractivity contribution in [1.29, 1.82) is 0 Å². The van der Waals surface area contributed by atoms with Crippen LogP contribution in [-0.4, -0.2) is 72.3 Å². The summed E-state index contributed by atoms with van der Waals surface area (Å²) in [6, 6.07) is 7.79. The van der Waals surface area contributed by atoms with Crippen molar-refractivity contribution in [3.8, 4) is 11.1 Å². The fraction of sp³-hybridized carbons (Fsp3) is 0.292. The van der Waals surface area contributed by atoms with Crippen molar-refractivity contribution in [3.63, 3.8) is 0 Å². The van der Waals surface area contributed by atoms with Gasteiger partial charge in [-0.05, 0) is 23.3 Å². The number of fused-ring (bicyclic) bond motifs is 1. The minimum Gasteiger partial charge on any atom is -0.379 e. The van der Waals surface area contributed by atoms with Crippen LogP contribution in [0, 0.1) is 0 Å². The standard InChI is InChI=1S/C24H24N8O3/c33-23(24-21-2-1-17(8-22(21)28-29-24)18-11-25-26-12-18)7-16-10-27-32(13-16)14-19-9-20(35-30-19)15-31-3-5-34-6-4-31/h1-2,8-13H,3-7,14-15H2,(H,25,26)(H,28,29). The lowest BCUT2D eigenvalue weighted by Gasteiger charge is -2.25. The molecule has 11 nitrogen and oxygen atoms in total. The molecule has 1 aliphatic rings. The number of carbonyl (C=O) groups is 1. The number of rotatable bonds is 8. The summed E-state index contributed by atoms with van der Waals surface area (Å²) in [6.07, 6.45) is 7.36. The highest BCUT2D eigenvalue weighted by Crippen LogP contribution is 2.25. The van der Waals surface area contributed by atoms with Crippen LogP contribution in [0.5, 0.6) is 0 Å². The van der Waals surface area contributed by atoms with E-state index in [0.29, 0.717) is 12.2 Å². The molecule has 6 rings (SSSR count). The van der Waals surface area contributed by atoms with Gasteiger partial charge in [0.1, 0.15) is 11.4 Å². The first-order valence-electron chi connectivity index (χ1n) is 11.5. The summed E-state index contributed by atoms with van der Waals surface area (Å²) < 4.78 is 12.6. The first kappa shape index (κ1) is 21.4. The van der Waals surface area contributed by atoms with Crippen molar-refractivity contribution in [3.05, 3.63) is 71.8 Å². The van der Waals surface area contributed by atoms with Gasteiger partial charge in [-0.3, -0.25) is 24.6 Å². The molecule has 4 aromatic heterocycles. The van der Waals surface area contributed by atoms with E-state index in [0.717, 1.165) is 71.9 Å². The number of H-pyrrole nitrogens is 2. The number of nitrogens with zero attached hydrogens (tertiary/aromatic N) is 6. The molecule has 0 spiro atoms. The quantitative estimate of drug-likeness (QED) is 0.329. The van der Waals surface area contributed by atoms with Gasteiger partial charge < -0.3 is 9.26 Å². The highest BCUT2D eigenvalue weighted by Gasteiger charge is 2.17. The fourth-order valence-electron chi connectivity index (χ4n) is 4.32. The molecule has 1 saturated heterocycles. The molecule has 1 aliphatic heterocycles. The number of aromatic nitrogens is 7. The van der Waals surface area contributed by atoms with Gasteiger partial charge in [0.05, 0.1) is 44.2 Å². The third kappa shape index (κ3) is 4.63. The normalized spacial score (nSPS) is 14.6. The fourth-order valence-corrected chi connectivity index (χ4v) is 4.32. The summed E-state index contributed by atoms with van der Waals surface area (Å²) in [5, 5.41) is 23.4. The van der Waals surface area contributed by atoms with Crippen LogP contribution in [0.25, 0.3) is 22.0 Å². The summed E-state index contributed by atoms with van der Waals surface area (Å²) in [5.41, 5.74) is 4.81. The summed E-state index contributed by atoms with van der Waals surface area (Å²) >= 11 is 0. The van der Waals surface area contributed by atoms with Gasteiger partial charge in [0.25, 0.3) is 0 Å². The molecule has 0 atom stereocenters. The number of morpholine rings is 1. The van der Waals surface area contributed by atoms with Crippen molar-refractivity contribution in [2.75, 3.05) is 26.3 Å². The lowest BCUT2D eigenvalue weighted by Crippen LogP contribution is -2.35. The lowest BCUT2D eigenvalue weighted by atomic mass is 10.0. The molecule has 2 N–H and O–H groups in total. The Morgan fingerprint density at radius 3 is 2.86 bits per heavy atom. The van der Waals surface area contributed by atoms with Crippen molar-refractivity contribution in [1.82, 2.24) is 40.2 Å². The maximum Gasteiger partial charge on any atom is 0.188 e.